The quantitative estimate of drug-likeness (QED) is 0.774. The first-order valence-electron chi connectivity index (χ1n) is 9.42. The van der Waals surface area contributed by atoms with Gasteiger partial charge in [0, 0.05) is 18.6 Å². The molecule has 2 N–H and O–H groups in total. The van der Waals surface area contributed by atoms with Gasteiger partial charge in [0.15, 0.2) is 0 Å². The molecule has 4 nitrogen and oxygen atoms in total. The monoisotopic (exact) mass is 372 g/mol. The highest BCUT2D eigenvalue weighted by molar-refractivity contribution is 7.89. The van der Waals surface area contributed by atoms with Gasteiger partial charge in [-0.15, -0.1) is 0 Å². The van der Waals surface area contributed by atoms with Crippen LogP contribution in [0.2, 0.25) is 0 Å². The van der Waals surface area contributed by atoms with Gasteiger partial charge >= 0.3 is 0 Å². The molecule has 26 heavy (non-hydrogen) atoms. The van der Waals surface area contributed by atoms with Gasteiger partial charge in [-0.2, -0.15) is 0 Å². The Morgan fingerprint density at radius 2 is 1.62 bits per heavy atom. The lowest BCUT2D eigenvalue weighted by Gasteiger charge is -2.29. The van der Waals surface area contributed by atoms with Gasteiger partial charge in [-0.3, -0.25) is 0 Å². The minimum absolute atomic E-state index is 0.0282. The highest BCUT2D eigenvalue weighted by Crippen LogP contribution is 2.22. The lowest BCUT2D eigenvalue weighted by atomic mass is 9.94. The zero-order valence-electron chi connectivity index (χ0n) is 15.3. The third-order valence-electron chi connectivity index (χ3n) is 5.05. The predicted molar refractivity (Wildman–Crippen MR) is 106 cm³/mol. The van der Waals surface area contributed by atoms with Gasteiger partial charge in [-0.1, -0.05) is 67.3 Å². The van der Waals surface area contributed by atoms with Crippen LogP contribution in [-0.4, -0.2) is 21.0 Å². The number of aryl methyl sites for hydroxylation is 1. The summed E-state index contributed by atoms with van der Waals surface area (Å²) in [6.07, 6.45) is 6.11. The summed E-state index contributed by atoms with van der Waals surface area (Å²) >= 11 is 0. The van der Waals surface area contributed by atoms with Crippen molar-refractivity contribution in [2.24, 2.45) is 0 Å². The Labute approximate surface area is 157 Å². The summed E-state index contributed by atoms with van der Waals surface area (Å²) in [4.78, 5) is 0.313. The molecule has 1 aliphatic carbocycles. The Morgan fingerprint density at radius 3 is 2.27 bits per heavy atom. The summed E-state index contributed by atoms with van der Waals surface area (Å²) in [5, 5.41) is 3.68. The minimum atomic E-state index is -3.51. The molecule has 0 saturated heterocycles. The zero-order chi connectivity index (χ0) is 18.4. The molecule has 0 bridgehead atoms. The molecule has 2 aromatic carbocycles. The maximum atomic E-state index is 12.6. The van der Waals surface area contributed by atoms with Crippen molar-refractivity contribution in [2.75, 3.05) is 6.54 Å². The fourth-order valence-corrected chi connectivity index (χ4v) is 4.55. The number of rotatable bonds is 7. The van der Waals surface area contributed by atoms with E-state index >= 15 is 0 Å². The van der Waals surface area contributed by atoms with E-state index in [4.69, 9.17) is 0 Å². The number of benzene rings is 2. The zero-order valence-corrected chi connectivity index (χ0v) is 16.1. The summed E-state index contributed by atoms with van der Waals surface area (Å²) in [5.41, 5.74) is 2.16. The predicted octanol–water partition coefficient (Wildman–Crippen LogP) is 3.94. The Morgan fingerprint density at radius 1 is 0.962 bits per heavy atom. The van der Waals surface area contributed by atoms with E-state index in [0.29, 0.717) is 17.5 Å². The van der Waals surface area contributed by atoms with Gasteiger partial charge < -0.3 is 5.32 Å². The lowest BCUT2D eigenvalue weighted by Crippen LogP contribution is -2.40. The van der Waals surface area contributed by atoms with Crippen molar-refractivity contribution in [3.8, 4) is 0 Å². The molecule has 0 radical (unpaired) electrons. The van der Waals surface area contributed by atoms with Crippen LogP contribution in [0.15, 0.2) is 59.5 Å². The van der Waals surface area contributed by atoms with Crippen molar-refractivity contribution in [1.82, 2.24) is 10.0 Å². The van der Waals surface area contributed by atoms with Crippen LogP contribution in [-0.2, 0) is 10.0 Å². The molecule has 140 valence electrons. The summed E-state index contributed by atoms with van der Waals surface area (Å²) in [5.74, 6) is 0. The molecule has 0 heterocycles. The maximum Gasteiger partial charge on any atom is 0.240 e. The van der Waals surface area contributed by atoms with Crippen LogP contribution in [0.5, 0.6) is 0 Å². The third kappa shape index (κ3) is 5.16. The van der Waals surface area contributed by atoms with E-state index in [2.05, 4.69) is 22.2 Å². The van der Waals surface area contributed by atoms with Crippen molar-refractivity contribution in [1.29, 1.82) is 0 Å². The van der Waals surface area contributed by atoms with E-state index in [0.717, 1.165) is 24.0 Å². The van der Waals surface area contributed by atoms with E-state index in [-0.39, 0.29) is 6.04 Å². The molecule has 0 amide bonds. The molecule has 0 spiro atoms. The van der Waals surface area contributed by atoms with Gasteiger partial charge in [-0.05, 0) is 37.5 Å². The molecule has 0 aromatic heterocycles. The first-order valence-corrected chi connectivity index (χ1v) is 10.9. The Kier molecular flexibility index (Phi) is 6.46. The molecular weight excluding hydrogens is 344 g/mol. The number of sulfonamides is 1. The number of hydrogen-bond acceptors (Lipinski definition) is 3. The largest absolute Gasteiger partial charge is 0.306 e. The van der Waals surface area contributed by atoms with Crippen molar-refractivity contribution < 1.29 is 8.42 Å². The summed E-state index contributed by atoms with van der Waals surface area (Å²) < 4.78 is 28.1. The van der Waals surface area contributed by atoms with Gasteiger partial charge in [-0.25, -0.2) is 13.1 Å². The lowest BCUT2D eigenvalue weighted by molar-refractivity contribution is 0.337. The van der Waals surface area contributed by atoms with Crippen molar-refractivity contribution in [3.63, 3.8) is 0 Å². The molecule has 3 rings (SSSR count). The summed E-state index contributed by atoms with van der Waals surface area (Å²) in [6.45, 7) is 2.29. The fourth-order valence-electron chi connectivity index (χ4n) is 3.51. The van der Waals surface area contributed by atoms with Gasteiger partial charge in [0.1, 0.15) is 0 Å². The molecule has 1 atom stereocenters. The van der Waals surface area contributed by atoms with Crippen LogP contribution < -0.4 is 10.0 Å². The molecular formula is C21H28N2O2S. The average Bonchev–Trinajstić information content (AvgIpc) is 2.67. The molecule has 5 heteroatoms. The van der Waals surface area contributed by atoms with Crippen molar-refractivity contribution in [2.45, 2.75) is 56.0 Å². The Hall–Kier alpha value is -1.69. The van der Waals surface area contributed by atoms with Crippen LogP contribution >= 0.6 is 0 Å². The van der Waals surface area contributed by atoms with E-state index < -0.39 is 10.0 Å². The van der Waals surface area contributed by atoms with Crippen LogP contribution in [0, 0.1) is 6.92 Å². The third-order valence-corrected chi connectivity index (χ3v) is 6.49. The highest BCUT2D eigenvalue weighted by Gasteiger charge is 2.22. The first-order chi connectivity index (χ1) is 12.5. The molecule has 1 fully saturated rings. The average molecular weight is 373 g/mol. The molecule has 1 aliphatic rings. The van der Waals surface area contributed by atoms with E-state index in [1.165, 1.54) is 19.3 Å². The first kappa shape index (κ1) is 19.1. The SMILES string of the molecule is Cc1ccc(S(=O)(=O)NCC(NC2CCCCC2)c2ccccc2)cc1. The molecule has 1 saturated carbocycles. The van der Waals surface area contributed by atoms with Crippen LogP contribution in [0.3, 0.4) is 0 Å². The normalized spacial score (nSPS) is 17.1. The van der Waals surface area contributed by atoms with E-state index in [9.17, 15) is 8.42 Å². The standard InChI is InChI=1S/C21H28N2O2S/c1-17-12-14-20(15-13-17)26(24,25)22-16-21(18-8-4-2-5-9-18)23-19-10-6-3-7-11-19/h2,4-5,8-9,12-15,19,21-23H,3,6-7,10-11,16H2,1H3. The second kappa shape index (κ2) is 8.80. The topological polar surface area (TPSA) is 58.2 Å². The minimum Gasteiger partial charge on any atom is -0.306 e. The number of nitrogens with one attached hydrogen (secondary N) is 2. The van der Waals surface area contributed by atoms with E-state index in [1.807, 2.05) is 37.3 Å². The van der Waals surface area contributed by atoms with Crippen molar-refractivity contribution >= 4 is 10.0 Å². The summed E-state index contributed by atoms with van der Waals surface area (Å²) in [6, 6.07) is 17.5. The molecule has 1 unspecified atom stereocenters. The Balaban J connectivity index is 1.71. The highest BCUT2D eigenvalue weighted by atomic mass is 32.2. The van der Waals surface area contributed by atoms with Gasteiger partial charge in [0.2, 0.25) is 10.0 Å². The maximum absolute atomic E-state index is 12.6. The van der Waals surface area contributed by atoms with Gasteiger partial charge in [0.05, 0.1) is 4.90 Å². The fraction of sp³-hybridized carbons (Fsp3) is 0.429. The summed E-state index contributed by atoms with van der Waals surface area (Å²) in [7, 11) is -3.51. The van der Waals surface area contributed by atoms with Crippen LogP contribution in [0.4, 0.5) is 0 Å². The molecule has 2 aromatic rings. The smallest absolute Gasteiger partial charge is 0.240 e. The second-order valence-electron chi connectivity index (χ2n) is 7.13. The van der Waals surface area contributed by atoms with Crippen LogP contribution in [0.1, 0.15) is 49.3 Å². The van der Waals surface area contributed by atoms with Gasteiger partial charge in [0.25, 0.3) is 0 Å². The van der Waals surface area contributed by atoms with Crippen LogP contribution in [0.25, 0.3) is 0 Å². The Bertz CT molecular complexity index is 783. The van der Waals surface area contributed by atoms with Crippen molar-refractivity contribution in [3.05, 3.63) is 65.7 Å². The second-order valence-corrected chi connectivity index (χ2v) is 8.90. The molecule has 0 aliphatic heterocycles. The van der Waals surface area contributed by atoms with E-state index in [1.54, 1.807) is 12.1 Å². The number of hydrogen-bond donors (Lipinski definition) is 2.